The van der Waals surface area contributed by atoms with Crippen LogP contribution in [-0.2, 0) is 9.59 Å². The fraction of sp³-hybridized carbons (Fsp3) is 0.579. The number of hydrogen-bond acceptors (Lipinski definition) is 4. The zero-order chi connectivity index (χ0) is 18.2. The normalized spacial score (nSPS) is 25.0. The summed E-state index contributed by atoms with van der Waals surface area (Å²) in [6.45, 7) is 5.96. The molecule has 2 N–H and O–H groups in total. The van der Waals surface area contributed by atoms with Gasteiger partial charge >= 0.3 is 0 Å². The van der Waals surface area contributed by atoms with Crippen molar-refractivity contribution in [2.45, 2.75) is 32.7 Å². The van der Waals surface area contributed by atoms with E-state index < -0.39 is 0 Å². The first-order valence-corrected chi connectivity index (χ1v) is 8.80. The summed E-state index contributed by atoms with van der Waals surface area (Å²) in [5.74, 6) is 0.537. The lowest BCUT2D eigenvalue weighted by Gasteiger charge is -2.43. The van der Waals surface area contributed by atoms with Crippen LogP contribution in [0.25, 0.3) is 0 Å². The minimum atomic E-state index is -0.278. The third-order valence-corrected chi connectivity index (χ3v) is 5.48. The van der Waals surface area contributed by atoms with E-state index in [1.54, 1.807) is 12.0 Å². The highest BCUT2D eigenvalue weighted by molar-refractivity contribution is 6.00. The Hall–Kier alpha value is -1.79. The van der Waals surface area contributed by atoms with Crippen LogP contribution in [0.15, 0.2) is 24.3 Å². The van der Waals surface area contributed by atoms with Gasteiger partial charge in [0.05, 0.1) is 13.0 Å². The Kier molecular flexibility index (Phi) is 6.19. The first kappa shape index (κ1) is 20.5. The van der Waals surface area contributed by atoms with Crippen molar-refractivity contribution in [3.05, 3.63) is 24.3 Å². The van der Waals surface area contributed by atoms with E-state index >= 15 is 0 Å². The van der Waals surface area contributed by atoms with Crippen molar-refractivity contribution in [3.8, 4) is 5.75 Å². The molecule has 144 valence electrons. The van der Waals surface area contributed by atoms with Gasteiger partial charge in [-0.15, -0.1) is 12.4 Å². The molecule has 0 radical (unpaired) electrons. The number of rotatable bonds is 3. The van der Waals surface area contributed by atoms with Crippen molar-refractivity contribution in [2.75, 3.05) is 31.6 Å². The number of amides is 2. The zero-order valence-corrected chi connectivity index (χ0v) is 16.4. The Labute approximate surface area is 161 Å². The van der Waals surface area contributed by atoms with E-state index in [1.807, 2.05) is 29.2 Å². The molecule has 3 rings (SSSR count). The fourth-order valence-corrected chi connectivity index (χ4v) is 3.70. The van der Waals surface area contributed by atoms with Gasteiger partial charge in [0.15, 0.2) is 0 Å². The van der Waals surface area contributed by atoms with Gasteiger partial charge in [0.25, 0.3) is 0 Å². The van der Waals surface area contributed by atoms with Crippen LogP contribution in [0.4, 0.5) is 5.69 Å². The minimum Gasteiger partial charge on any atom is -0.497 e. The second kappa shape index (κ2) is 7.84. The largest absolute Gasteiger partial charge is 0.497 e. The van der Waals surface area contributed by atoms with Crippen LogP contribution in [0.1, 0.15) is 26.7 Å². The molecule has 1 aromatic carbocycles. The quantitative estimate of drug-likeness (QED) is 0.869. The van der Waals surface area contributed by atoms with Gasteiger partial charge in [0.1, 0.15) is 5.75 Å². The number of piperidine rings is 1. The van der Waals surface area contributed by atoms with Crippen LogP contribution in [0.3, 0.4) is 0 Å². The van der Waals surface area contributed by atoms with E-state index in [-0.39, 0.29) is 48.0 Å². The van der Waals surface area contributed by atoms with E-state index in [0.717, 1.165) is 17.9 Å². The maximum absolute atomic E-state index is 12.9. The number of nitrogens with two attached hydrogens (primary N) is 1. The molecule has 0 bridgehead atoms. The molecule has 2 heterocycles. The summed E-state index contributed by atoms with van der Waals surface area (Å²) < 4.78 is 5.15. The number of methoxy groups -OCH3 is 1. The molecule has 0 aliphatic carbocycles. The average molecular weight is 382 g/mol. The van der Waals surface area contributed by atoms with Crippen molar-refractivity contribution in [1.29, 1.82) is 0 Å². The van der Waals surface area contributed by atoms with Crippen molar-refractivity contribution in [1.82, 2.24) is 4.90 Å². The number of ether oxygens (including phenoxy) is 1. The molecular formula is C19H28ClN3O3. The number of hydrogen-bond donors (Lipinski definition) is 1. The third kappa shape index (κ3) is 3.96. The predicted molar refractivity (Wildman–Crippen MR) is 104 cm³/mol. The van der Waals surface area contributed by atoms with Crippen LogP contribution >= 0.6 is 12.4 Å². The van der Waals surface area contributed by atoms with E-state index in [4.69, 9.17) is 10.5 Å². The number of likely N-dealkylation sites (tertiary alicyclic amines) is 1. The lowest BCUT2D eigenvalue weighted by Crippen LogP contribution is -2.55. The van der Waals surface area contributed by atoms with Crippen LogP contribution in [-0.4, -0.2) is 49.5 Å². The van der Waals surface area contributed by atoms with Gasteiger partial charge in [-0.3, -0.25) is 9.59 Å². The fourth-order valence-electron chi connectivity index (χ4n) is 3.70. The molecule has 2 aliphatic heterocycles. The molecule has 0 aromatic heterocycles. The molecule has 0 spiro atoms. The van der Waals surface area contributed by atoms with Crippen LogP contribution < -0.4 is 15.4 Å². The summed E-state index contributed by atoms with van der Waals surface area (Å²) >= 11 is 0. The van der Waals surface area contributed by atoms with Gasteiger partial charge in [-0.05, 0) is 36.1 Å². The second-order valence-corrected chi connectivity index (χ2v) is 7.75. The van der Waals surface area contributed by atoms with E-state index in [0.29, 0.717) is 19.6 Å². The zero-order valence-electron chi connectivity index (χ0n) is 15.6. The van der Waals surface area contributed by atoms with Crippen molar-refractivity contribution in [3.63, 3.8) is 0 Å². The number of carbonyl (C=O) groups is 2. The Balaban J connectivity index is 0.00000243. The molecule has 2 fully saturated rings. The molecule has 6 nitrogen and oxygen atoms in total. The van der Waals surface area contributed by atoms with E-state index in [9.17, 15) is 9.59 Å². The first-order chi connectivity index (χ1) is 11.8. The molecule has 2 aliphatic rings. The Morgan fingerprint density at radius 1 is 1.27 bits per heavy atom. The maximum Gasteiger partial charge on any atom is 0.228 e. The number of halogens is 1. The van der Waals surface area contributed by atoms with Crippen LogP contribution in [0, 0.1) is 11.3 Å². The SMILES string of the molecule is COc1ccc(N2CC(C(=O)N3CCC(N)C(C)(C)C3)CC2=O)cc1.Cl. The first-order valence-electron chi connectivity index (χ1n) is 8.80. The number of carbonyl (C=O) groups excluding carboxylic acids is 2. The van der Waals surface area contributed by atoms with Crippen LogP contribution in [0.5, 0.6) is 5.75 Å². The lowest BCUT2D eigenvalue weighted by molar-refractivity contribution is -0.139. The summed E-state index contributed by atoms with van der Waals surface area (Å²) in [4.78, 5) is 28.9. The average Bonchev–Trinajstić information content (AvgIpc) is 2.98. The highest BCUT2D eigenvalue weighted by Crippen LogP contribution is 2.32. The van der Waals surface area contributed by atoms with Crippen molar-refractivity contribution in [2.24, 2.45) is 17.1 Å². The summed E-state index contributed by atoms with van der Waals surface area (Å²) in [6.07, 6.45) is 1.08. The molecule has 1 aromatic rings. The van der Waals surface area contributed by atoms with Crippen LogP contribution in [0.2, 0.25) is 0 Å². The Morgan fingerprint density at radius 3 is 2.50 bits per heavy atom. The Morgan fingerprint density at radius 2 is 1.92 bits per heavy atom. The number of anilines is 1. The smallest absolute Gasteiger partial charge is 0.228 e. The highest BCUT2D eigenvalue weighted by Gasteiger charge is 2.41. The maximum atomic E-state index is 12.9. The van der Waals surface area contributed by atoms with E-state index in [1.165, 1.54) is 0 Å². The molecule has 0 saturated carbocycles. The summed E-state index contributed by atoms with van der Waals surface area (Å²) in [5, 5.41) is 0. The summed E-state index contributed by atoms with van der Waals surface area (Å²) in [5.41, 5.74) is 6.88. The van der Waals surface area contributed by atoms with Gasteiger partial charge in [-0.1, -0.05) is 13.8 Å². The molecule has 2 unspecified atom stereocenters. The number of benzene rings is 1. The highest BCUT2D eigenvalue weighted by atomic mass is 35.5. The number of nitrogens with zero attached hydrogens (tertiary/aromatic N) is 2. The van der Waals surface area contributed by atoms with Gasteiger partial charge in [0, 0.05) is 37.8 Å². The molecule has 2 atom stereocenters. The van der Waals surface area contributed by atoms with Gasteiger partial charge in [0.2, 0.25) is 11.8 Å². The lowest BCUT2D eigenvalue weighted by atomic mass is 9.79. The summed E-state index contributed by atoms with van der Waals surface area (Å²) in [7, 11) is 1.61. The van der Waals surface area contributed by atoms with Gasteiger partial charge in [-0.2, -0.15) is 0 Å². The minimum absolute atomic E-state index is 0. The standard InChI is InChI=1S/C19H27N3O3.ClH/c1-19(2)12-21(9-8-16(19)20)18(24)13-10-17(23)22(11-13)14-4-6-15(25-3)7-5-14;/h4-7,13,16H,8-12,20H2,1-3H3;1H. The Bertz CT molecular complexity index is 662. The topological polar surface area (TPSA) is 75.9 Å². The second-order valence-electron chi connectivity index (χ2n) is 7.75. The summed E-state index contributed by atoms with van der Waals surface area (Å²) in [6, 6.07) is 7.47. The molecule has 2 saturated heterocycles. The molecule has 7 heteroatoms. The molecule has 2 amide bonds. The monoisotopic (exact) mass is 381 g/mol. The van der Waals surface area contributed by atoms with Crippen molar-refractivity contribution >= 4 is 29.9 Å². The third-order valence-electron chi connectivity index (χ3n) is 5.48. The predicted octanol–water partition coefficient (Wildman–Crippen LogP) is 2.06. The van der Waals surface area contributed by atoms with Gasteiger partial charge < -0.3 is 20.3 Å². The van der Waals surface area contributed by atoms with Crippen molar-refractivity contribution < 1.29 is 14.3 Å². The van der Waals surface area contributed by atoms with Gasteiger partial charge in [-0.25, -0.2) is 0 Å². The molecular weight excluding hydrogens is 354 g/mol. The van der Waals surface area contributed by atoms with E-state index in [2.05, 4.69) is 13.8 Å². The molecule has 26 heavy (non-hydrogen) atoms.